The molecule has 2 heterocycles. The second-order valence-electron chi connectivity index (χ2n) is 6.91. The third kappa shape index (κ3) is 2.23. The van der Waals surface area contributed by atoms with E-state index in [0.717, 1.165) is 18.4 Å². The Bertz CT molecular complexity index is 1280. The number of nitrogens with one attached hydrogen (secondary N) is 1. The van der Waals surface area contributed by atoms with E-state index in [0.29, 0.717) is 27.3 Å². The molecule has 0 saturated heterocycles. The molecule has 7 heteroatoms. The Hall–Kier alpha value is -3.12. The molecule has 1 saturated carbocycles. The average molecular weight is 379 g/mol. The lowest BCUT2D eigenvalue weighted by molar-refractivity contribution is 0.100. The van der Waals surface area contributed by atoms with Crippen LogP contribution in [0.5, 0.6) is 0 Å². The van der Waals surface area contributed by atoms with Gasteiger partial charge in [-0.25, -0.2) is 0 Å². The number of amides is 1. The number of para-hydroxylation sites is 1. The molecule has 4 aromatic rings. The van der Waals surface area contributed by atoms with Crippen LogP contribution in [0.3, 0.4) is 0 Å². The number of rotatable bonds is 3. The van der Waals surface area contributed by atoms with Gasteiger partial charge in [0.2, 0.25) is 0 Å². The van der Waals surface area contributed by atoms with Gasteiger partial charge < -0.3 is 10.7 Å². The van der Waals surface area contributed by atoms with Crippen molar-refractivity contribution in [1.82, 2.24) is 14.6 Å². The van der Waals surface area contributed by atoms with Crippen LogP contribution >= 0.6 is 11.6 Å². The summed E-state index contributed by atoms with van der Waals surface area (Å²) in [5, 5.41) is 5.70. The van der Waals surface area contributed by atoms with Gasteiger partial charge in [-0.3, -0.25) is 9.59 Å². The minimum Gasteiger partial charge on any atom is -0.365 e. The normalized spacial score (nSPS) is 15.3. The summed E-state index contributed by atoms with van der Waals surface area (Å²) in [6.45, 7) is 0. The van der Waals surface area contributed by atoms with Crippen molar-refractivity contribution in [1.29, 1.82) is 0 Å². The van der Waals surface area contributed by atoms with Crippen LogP contribution in [-0.2, 0) is 5.41 Å². The Balaban J connectivity index is 1.85. The number of carbonyl (C=O) groups is 1. The van der Waals surface area contributed by atoms with Gasteiger partial charge in [0.1, 0.15) is 5.56 Å². The number of aromatic amines is 1. The summed E-state index contributed by atoms with van der Waals surface area (Å²) in [6, 6.07) is 14.6. The summed E-state index contributed by atoms with van der Waals surface area (Å²) in [4.78, 5) is 28.4. The molecule has 5 rings (SSSR count). The van der Waals surface area contributed by atoms with Gasteiger partial charge >= 0.3 is 0 Å². The van der Waals surface area contributed by atoms with Crippen molar-refractivity contribution in [3.05, 3.63) is 80.7 Å². The van der Waals surface area contributed by atoms with Crippen molar-refractivity contribution < 1.29 is 4.79 Å². The molecule has 1 aliphatic carbocycles. The van der Waals surface area contributed by atoms with E-state index in [4.69, 9.17) is 17.3 Å². The van der Waals surface area contributed by atoms with Gasteiger partial charge in [0, 0.05) is 10.4 Å². The van der Waals surface area contributed by atoms with Crippen LogP contribution in [0.15, 0.2) is 53.3 Å². The molecule has 6 nitrogen and oxygen atoms in total. The van der Waals surface area contributed by atoms with Gasteiger partial charge in [-0.2, -0.15) is 9.61 Å². The van der Waals surface area contributed by atoms with Crippen molar-refractivity contribution in [3.8, 4) is 0 Å². The predicted molar refractivity (Wildman–Crippen MR) is 103 cm³/mol. The number of primary amides is 1. The SMILES string of the molecule is NC(=O)c1c(C2(c3ccc(Cl)cc3)CC2)nn2c(=O)c3ccccc3[nH]c12. The maximum absolute atomic E-state index is 12.9. The van der Waals surface area contributed by atoms with Crippen molar-refractivity contribution in [2.24, 2.45) is 5.73 Å². The minimum atomic E-state index is -0.605. The Kier molecular flexibility index (Phi) is 3.24. The van der Waals surface area contributed by atoms with Crippen LogP contribution in [0, 0.1) is 0 Å². The highest BCUT2D eigenvalue weighted by atomic mass is 35.5. The Labute approximate surface area is 158 Å². The van der Waals surface area contributed by atoms with Gasteiger partial charge in [0.25, 0.3) is 11.5 Å². The summed E-state index contributed by atoms with van der Waals surface area (Å²) in [5.41, 5.74) is 7.80. The quantitative estimate of drug-likeness (QED) is 0.573. The lowest BCUT2D eigenvalue weighted by atomic mass is 9.90. The smallest absolute Gasteiger partial charge is 0.282 e. The number of halogens is 1. The van der Waals surface area contributed by atoms with Crippen molar-refractivity contribution in [3.63, 3.8) is 0 Å². The predicted octanol–water partition coefficient (Wildman–Crippen LogP) is 3.01. The second-order valence-corrected chi connectivity index (χ2v) is 7.35. The maximum Gasteiger partial charge on any atom is 0.282 e. The van der Waals surface area contributed by atoms with Crippen LogP contribution in [0.25, 0.3) is 16.6 Å². The lowest BCUT2D eigenvalue weighted by Crippen LogP contribution is -2.19. The van der Waals surface area contributed by atoms with Crippen LogP contribution in [-0.4, -0.2) is 20.5 Å². The molecule has 2 aromatic heterocycles. The third-order valence-corrected chi connectivity index (χ3v) is 5.59. The molecule has 0 atom stereocenters. The summed E-state index contributed by atoms with van der Waals surface area (Å²) in [5.74, 6) is -0.605. The molecule has 134 valence electrons. The Morgan fingerprint density at radius 3 is 2.52 bits per heavy atom. The van der Waals surface area contributed by atoms with Gasteiger partial charge in [0.05, 0.1) is 16.6 Å². The maximum atomic E-state index is 12.9. The lowest BCUT2D eigenvalue weighted by Gasteiger charge is -2.14. The first-order valence-corrected chi connectivity index (χ1v) is 8.99. The van der Waals surface area contributed by atoms with Crippen molar-refractivity contribution in [2.75, 3.05) is 0 Å². The minimum absolute atomic E-state index is 0.269. The molecule has 1 amide bonds. The number of nitrogens with zero attached hydrogens (tertiary/aromatic N) is 2. The molecule has 0 unspecified atom stereocenters. The molecule has 0 bridgehead atoms. The first kappa shape index (κ1) is 16.1. The molecule has 2 aromatic carbocycles. The van der Waals surface area contributed by atoms with Crippen LogP contribution in [0.4, 0.5) is 0 Å². The highest BCUT2D eigenvalue weighted by Crippen LogP contribution is 2.54. The van der Waals surface area contributed by atoms with Gasteiger partial charge in [-0.05, 0) is 42.7 Å². The molecular weight excluding hydrogens is 364 g/mol. The summed E-state index contributed by atoms with van der Waals surface area (Å²) >= 11 is 6.01. The van der Waals surface area contributed by atoms with Crippen LogP contribution in [0.1, 0.15) is 34.5 Å². The second kappa shape index (κ2) is 5.44. The number of benzene rings is 2. The van der Waals surface area contributed by atoms with Gasteiger partial charge in [0.15, 0.2) is 5.65 Å². The van der Waals surface area contributed by atoms with Crippen LogP contribution in [0.2, 0.25) is 5.02 Å². The van der Waals surface area contributed by atoms with E-state index in [-0.39, 0.29) is 11.1 Å². The van der Waals surface area contributed by atoms with Gasteiger partial charge in [-0.15, -0.1) is 0 Å². The van der Waals surface area contributed by atoms with Crippen LogP contribution < -0.4 is 11.3 Å². The molecule has 3 N–H and O–H groups in total. The molecule has 1 fully saturated rings. The summed E-state index contributed by atoms with van der Waals surface area (Å²) < 4.78 is 1.26. The summed E-state index contributed by atoms with van der Waals surface area (Å²) in [6.07, 6.45) is 1.65. The van der Waals surface area contributed by atoms with E-state index in [1.165, 1.54) is 4.52 Å². The fourth-order valence-corrected chi connectivity index (χ4v) is 3.95. The van der Waals surface area contributed by atoms with Crippen molar-refractivity contribution >= 4 is 34.1 Å². The molecule has 0 spiro atoms. The topological polar surface area (TPSA) is 93.2 Å². The van der Waals surface area contributed by atoms with Crippen molar-refractivity contribution in [2.45, 2.75) is 18.3 Å². The number of H-pyrrole nitrogens is 1. The zero-order valence-electron chi connectivity index (χ0n) is 14.2. The van der Waals surface area contributed by atoms with Gasteiger partial charge in [-0.1, -0.05) is 35.9 Å². The largest absolute Gasteiger partial charge is 0.365 e. The average Bonchev–Trinajstić information content (AvgIpc) is 3.37. The number of hydrogen-bond acceptors (Lipinski definition) is 3. The van der Waals surface area contributed by atoms with E-state index in [1.807, 2.05) is 30.3 Å². The molecule has 27 heavy (non-hydrogen) atoms. The number of nitrogens with two attached hydrogens (primary N) is 1. The monoisotopic (exact) mass is 378 g/mol. The third-order valence-electron chi connectivity index (χ3n) is 5.33. The number of carbonyl (C=O) groups excluding carboxylic acids is 1. The fourth-order valence-electron chi connectivity index (χ4n) is 3.83. The highest BCUT2D eigenvalue weighted by molar-refractivity contribution is 6.30. The summed E-state index contributed by atoms with van der Waals surface area (Å²) in [7, 11) is 0. The Morgan fingerprint density at radius 2 is 1.85 bits per heavy atom. The van der Waals surface area contributed by atoms with E-state index in [1.54, 1.807) is 18.2 Å². The first-order chi connectivity index (χ1) is 13.0. The van der Waals surface area contributed by atoms with E-state index >= 15 is 0 Å². The highest BCUT2D eigenvalue weighted by Gasteiger charge is 2.50. The van der Waals surface area contributed by atoms with E-state index in [2.05, 4.69) is 10.1 Å². The van der Waals surface area contributed by atoms with E-state index in [9.17, 15) is 9.59 Å². The molecular formula is C20H15ClN4O2. The number of fused-ring (bicyclic) bond motifs is 2. The molecule has 0 aliphatic heterocycles. The fraction of sp³-hybridized carbons (Fsp3) is 0.150. The zero-order chi connectivity index (χ0) is 18.8. The standard InChI is InChI=1S/C20H15ClN4O2/c21-12-7-5-11(6-8-12)20(9-10-20)16-15(17(22)26)18-23-14-4-2-1-3-13(14)19(27)25(18)24-16/h1-8,23H,9-10H2,(H2,22,26). The molecule has 0 radical (unpaired) electrons. The molecule has 1 aliphatic rings. The van der Waals surface area contributed by atoms with E-state index < -0.39 is 11.3 Å². The number of hydrogen-bond donors (Lipinski definition) is 2. The Morgan fingerprint density at radius 1 is 1.15 bits per heavy atom. The zero-order valence-corrected chi connectivity index (χ0v) is 15.0. The first-order valence-electron chi connectivity index (χ1n) is 8.61. The number of aromatic nitrogens is 3.